The maximum Gasteiger partial charge on any atom is 0.241 e. The van der Waals surface area contributed by atoms with Crippen molar-refractivity contribution in [1.29, 1.82) is 0 Å². The normalized spacial score (nSPS) is 21.4. The molecule has 1 aliphatic heterocycles. The second kappa shape index (κ2) is 6.12. The molecule has 1 fully saturated rings. The van der Waals surface area contributed by atoms with E-state index in [0.29, 0.717) is 23.6 Å². The van der Waals surface area contributed by atoms with Crippen LogP contribution in [0.25, 0.3) is 11.3 Å². The molecule has 1 aromatic heterocycles. The summed E-state index contributed by atoms with van der Waals surface area (Å²) in [5.41, 5.74) is 5.93. The molecule has 2 aromatic rings. The summed E-state index contributed by atoms with van der Waals surface area (Å²) >= 11 is 1.60. The highest BCUT2D eigenvalue weighted by Gasteiger charge is 2.45. The number of hydrogen-bond acceptors (Lipinski definition) is 6. The Labute approximate surface area is 132 Å². The van der Waals surface area contributed by atoms with E-state index >= 15 is 0 Å². The molecular weight excluding hydrogens is 302 g/mol. The van der Waals surface area contributed by atoms with Crippen LogP contribution in [0.3, 0.4) is 0 Å². The van der Waals surface area contributed by atoms with Crippen LogP contribution in [0, 0.1) is 0 Å². The lowest BCUT2D eigenvalue weighted by Crippen LogP contribution is -2.56. The highest BCUT2D eigenvalue weighted by Crippen LogP contribution is 2.33. The van der Waals surface area contributed by atoms with Gasteiger partial charge in [-0.25, -0.2) is 0 Å². The minimum absolute atomic E-state index is 0.0971. The molecule has 0 bridgehead atoms. The summed E-state index contributed by atoms with van der Waals surface area (Å²) in [7, 11) is 0. The summed E-state index contributed by atoms with van der Waals surface area (Å²) in [6.07, 6.45) is 0.535. The van der Waals surface area contributed by atoms with Crippen LogP contribution in [0.2, 0.25) is 0 Å². The van der Waals surface area contributed by atoms with Crippen molar-refractivity contribution in [3.05, 3.63) is 42.1 Å². The lowest BCUT2D eigenvalue weighted by Gasteiger charge is -2.32. The zero-order chi connectivity index (χ0) is 15.6. The minimum atomic E-state index is -1.02. The molecule has 0 saturated carbocycles. The number of carbonyl (C=O) groups excluding carboxylic acids is 1. The van der Waals surface area contributed by atoms with Crippen molar-refractivity contribution < 1.29 is 14.5 Å². The van der Waals surface area contributed by atoms with Gasteiger partial charge in [0.25, 0.3) is 0 Å². The largest absolute Gasteiger partial charge is 0.368 e. The van der Waals surface area contributed by atoms with Crippen molar-refractivity contribution in [1.82, 2.24) is 10.2 Å². The SMILES string of the molecule is NC(=O)C1(N(O)Cc2cc(-c3ccccc3)on2)CCSC1. The Kier molecular flexibility index (Phi) is 4.19. The molecule has 6 nitrogen and oxygen atoms in total. The van der Waals surface area contributed by atoms with Crippen LogP contribution in [0.1, 0.15) is 12.1 Å². The molecule has 7 heteroatoms. The van der Waals surface area contributed by atoms with Crippen molar-refractivity contribution in [2.75, 3.05) is 11.5 Å². The van der Waals surface area contributed by atoms with E-state index in [0.717, 1.165) is 16.4 Å². The molecular formula is C15H17N3O3S. The zero-order valence-electron chi connectivity index (χ0n) is 11.9. The molecule has 3 N–H and O–H groups in total. The van der Waals surface area contributed by atoms with Crippen molar-refractivity contribution in [2.24, 2.45) is 5.73 Å². The molecule has 0 radical (unpaired) electrons. The van der Waals surface area contributed by atoms with Gasteiger partial charge in [0, 0.05) is 17.4 Å². The van der Waals surface area contributed by atoms with Crippen molar-refractivity contribution in [3.63, 3.8) is 0 Å². The third kappa shape index (κ3) is 2.75. The molecule has 3 rings (SSSR count). The monoisotopic (exact) mass is 319 g/mol. The Morgan fingerprint density at radius 2 is 2.23 bits per heavy atom. The van der Waals surface area contributed by atoms with Crippen molar-refractivity contribution >= 4 is 17.7 Å². The molecule has 1 aromatic carbocycles. The van der Waals surface area contributed by atoms with E-state index in [-0.39, 0.29) is 6.54 Å². The van der Waals surface area contributed by atoms with E-state index in [1.165, 1.54) is 0 Å². The number of thioether (sulfide) groups is 1. The predicted molar refractivity (Wildman–Crippen MR) is 83.1 cm³/mol. The average molecular weight is 319 g/mol. The standard InChI is InChI=1S/C15H17N3O3S/c16-14(19)15(6-7-22-10-15)18(20)9-12-8-13(21-17-12)11-4-2-1-3-5-11/h1-5,8,20H,6-7,9-10H2,(H2,16,19). The number of primary amides is 1. The first-order valence-electron chi connectivity index (χ1n) is 6.97. The molecule has 0 aliphatic carbocycles. The molecule has 1 amide bonds. The van der Waals surface area contributed by atoms with E-state index in [2.05, 4.69) is 5.16 Å². The van der Waals surface area contributed by atoms with Gasteiger partial charge >= 0.3 is 0 Å². The number of aromatic nitrogens is 1. The summed E-state index contributed by atoms with van der Waals surface area (Å²) in [6, 6.07) is 11.3. The summed E-state index contributed by atoms with van der Waals surface area (Å²) in [6.45, 7) is 0.0971. The number of hydroxylamine groups is 2. The zero-order valence-corrected chi connectivity index (χ0v) is 12.8. The predicted octanol–water partition coefficient (Wildman–Crippen LogP) is 1.89. The minimum Gasteiger partial charge on any atom is -0.368 e. The van der Waals surface area contributed by atoms with Crippen molar-refractivity contribution in [2.45, 2.75) is 18.5 Å². The highest BCUT2D eigenvalue weighted by molar-refractivity contribution is 7.99. The molecule has 1 atom stereocenters. The fourth-order valence-electron chi connectivity index (χ4n) is 2.51. The topological polar surface area (TPSA) is 92.6 Å². The fraction of sp³-hybridized carbons (Fsp3) is 0.333. The maximum absolute atomic E-state index is 11.7. The fourth-order valence-corrected chi connectivity index (χ4v) is 3.91. The van der Waals surface area contributed by atoms with E-state index in [1.807, 2.05) is 30.3 Å². The van der Waals surface area contributed by atoms with Gasteiger partial charge in [-0.3, -0.25) is 4.79 Å². The van der Waals surface area contributed by atoms with Crippen LogP contribution in [0.5, 0.6) is 0 Å². The van der Waals surface area contributed by atoms with E-state index in [1.54, 1.807) is 17.8 Å². The Bertz CT molecular complexity index is 653. The van der Waals surface area contributed by atoms with Crippen LogP contribution < -0.4 is 5.73 Å². The highest BCUT2D eigenvalue weighted by atomic mass is 32.2. The number of nitrogens with two attached hydrogens (primary N) is 1. The Balaban J connectivity index is 1.76. The molecule has 22 heavy (non-hydrogen) atoms. The number of carbonyl (C=O) groups is 1. The van der Waals surface area contributed by atoms with Gasteiger partial charge < -0.3 is 15.5 Å². The molecule has 1 unspecified atom stereocenters. The second-order valence-electron chi connectivity index (χ2n) is 5.30. The smallest absolute Gasteiger partial charge is 0.241 e. The first-order valence-corrected chi connectivity index (χ1v) is 8.12. The molecule has 116 valence electrons. The van der Waals surface area contributed by atoms with Gasteiger partial charge in [0.1, 0.15) is 11.2 Å². The third-order valence-electron chi connectivity index (χ3n) is 3.88. The van der Waals surface area contributed by atoms with Crippen LogP contribution in [-0.4, -0.2) is 38.4 Å². The molecule has 2 heterocycles. The van der Waals surface area contributed by atoms with E-state index in [9.17, 15) is 10.0 Å². The lowest BCUT2D eigenvalue weighted by atomic mass is 9.97. The average Bonchev–Trinajstić information content (AvgIpc) is 3.18. The van der Waals surface area contributed by atoms with E-state index < -0.39 is 11.4 Å². The van der Waals surface area contributed by atoms with Gasteiger partial charge in [-0.05, 0) is 12.2 Å². The third-order valence-corrected chi connectivity index (χ3v) is 5.06. The Hall–Kier alpha value is -1.83. The molecule has 1 saturated heterocycles. The first kappa shape index (κ1) is 15.1. The number of nitrogens with zero attached hydrogens (tertiary/aromatic N) is 2. The quantitative estimate of drug-likeness (QED) is 0.818. The van der Waals surface area contributed by atoms with Gasteiger partial charge in [0.2, 0.25) is 5.91 Å². The first-order chi connectivity index (χ1) is 10.6. The number of benzene rings is 1. The van der Waals surface area contributed by atoms with E-state index in [4.69, 9.17) is 10.3 Å². The Morgan fingerprint density at radius 1 is 1.45 bits per heavy atom. The van der Waals surface area contributed by atoms with Crippen molar-refractivity contribution in [3.8, 4) is 11.3 Å². The summed E-state index contributed by atoms with van der Waals surface area (Å²) in [5.74, 6) is 1.40. The van der Waals surface area contributed by atoms with Crippen LogP contribution in [0.4, 0.5) is 0 Å². The molecule has 0 spiro atoms. The summed E-state index contributed by atoms with van der Waals surface area (Å²) in [4.78, 5) is 11.7. The van der Waals surface area contributed by atoms with Crippen LogP contribution >= 0.6 is 11.8 Å². The number of hydrogen-bond donors (Lipinski definition) is 2. The maximum atomic E-state index is 11.7. The number of amides is 1. The van der Waals surface area contributed by atoms with Crippen LogP contribution in [-0.2, 0) is 11.3 Å². The lowest BCUT2D eigenvalue weighted by molar-refractivity contribution is -0.182. The second-order valence-corrected chi connectivity index (χ2v) is 6.41. The van der Waals surface area contributed by atoms with Gasteiger partial charge in [0.15, 0.2) is 5.76 Å². The van der Waals surface area contributed by atoms with Crippen LogP contribution in [0.15, 0.2) is 40.9 Å². The summed E-state index contributed by atoms with van der Waals surface area (Å²) < 4.78 is 5.30. The Morgan fingerprint density at radius 3 is 2.86 bits per heavy atom. The van der Waals surface area contributed by atoms with Gasteiger partial charge in [-0.15, -0.1) is 0 Å². The van der Waals surface area contributed by atoms with Gasteiger partial charge in [-0.1, -0.05) is 35.5 Å². The molecule has 1 aliphatic rings. The van der Waals surface area contributed by atoms with Gasteiger partial charge in [-0.2, -0.15) is 16.8 Å². The summed E-state index contributed by atoms with van der Waals surface area (Å²) in [5, 5.41) is 15.3. The number of rotatable bonds is 5. The van der Waals surface area contributed by atoms with Gasteiger partial charge in [0.05, 0.1) is 6.54 Å².